The molecular formula is C20H29N3O2. The van der Waals surface area contributed by atoms with Gasteiger partial charge in [-0.1, -0.05) is 44.7 Å². The van der Waals surface area contributed by atoms with Crippen molar-refractivity contribution in [2.45, 2.75) is 65.2 Å². The Balaban J connectivity index is 1.74. The number of anilines is 1. The van der Waals surface area contributed by atoms with E-state index in [2.05, 4.69) is 22.8 Å². The Morgan fingerprint density at radius 2 is 1.76 bits per heavy atom. The number of benzene rings is 1. The summed E-state index contributed by atoms with van der Waals surface area (Å²) in [5.41, 5.74) is 5.09. The van der Waals surface area contributed by atoms with Crippen molar-refractivity contribution < 1.29 is 9.59 Å². The van der Waals surface area contributed by atoms with Crippen LogP contribution >= 0.6 is 0 Å². The van der Waals surface area contributed by atoms with Gasteiger partial charge < -0.3 is 5.32 Å². The Labute approximate surface area is 150 Å². The average molecular weight is 343 g/mol. The Hall–Kier alpha value is -2.17. The maximum atomic E-state index is 11.8. The third-order valence-corrected chi connectivity index (χ3v) is 4.37. The molecule has 1 aromatic carbocycles. The summed E-state index contributed by atoms with van der Waals surface area (Å²) in [6.07, 6.45) is 8.15. The van der Waals surface area contributed by atoms with Crippen LogP contribution < -0.4 is 10.7 Å². The number of amides is 2. The second kappa shape index (κ2) is 9.97. The highest BCUT2D eigenvalue weighted by Crippen LogP contribution is 2.30. The zero-order valence-electron chi connectivity index (χ0n) is 15.3. The fraction of sp³-hybridized carbons (Fsp3) is 0.550. The van der Waals surface area contributed by atoms with E-state index in [-0.39, 0.29) is 17.7 Å². The van der Waals surface area contributed by atoms with Crippen LogP contribution in [0, 0.1) is 5.92 Å². The van der Waals surface area contributed by atoms with Crippen molar-refractivity contribution >= 4 is 23.2 Å². The number of rotatable bonds is 10. The fourth-order valence-corrected chi connectivity index (χ4v) is 2.54. The van der Waals surface area contributed by atoms with Gasteiger partial charge in [-0.25, -0.2) is 5.43 Å². The van der Waals surface area contributed by atoms with Crippen LogP contribution in [0.3, 0.4) is 0 Å². The molecule has 2 amide bonds. The van der Waals surface area contributed by atoms with E-state index in [0.29, 0.717) is 6.42 Å². The summed E-state index contributed by atoms with van der Waals surface area (Å²) in [6.45, 7) is 4.04. The summed E-state index contributed by atoms with van der Waals surface area (Å²) in [7, 11) is 0. The van der Waals surface area contributed by atoms with Gasteiger partial charge in [0.1, 0.15) is 0 Å². The van der Waals surface area contributed by atoms with E-state index in [4.69, 9.17) is 0 Å². The second-order valence-electron chi connectivity index (χ2n) is 6.74. The van der Waals surface area contributed by atoms with Gasteiger partial charge in [-0.3, -0.25) is 9.59 Å². The van der Waals surface area contributed by atoms with Crippen molar-refractivity contribution in [3.63, 3.8) is 0 Å². The quantitative estimate of drug-likeness (QED) is 0.379. The van der Waals surface area contributed by atoms with E-state index in [1.54, 1.807) is 0 Å². The van der Waals surface area contributed by atoms with Gasteiger partial charge in [-0.15, -0.1) is 0 Å². The first-order valence-electron chi connectivity index (χ1n) is 9.34. The third kappa shape index (κ3) is 7.08. The zero-order chi connectivity index (χ0) is 18.1. The first-order valence-corrected chi connectivity index (χ1v) is 9.34. The Morgan fingerprint density at radius 1 is 1.08 bits per heavy atom. The van der Waals surface area contributed by atoms with Crippen molar-refractivity contribution in [2.24, 2.45) is 11.0 Å². The highest BCUT2D eigenvalue weighted by Gasteiger charge is 2.29. The molecule has 1 aliphatic rings. The van der Waals surface area contributed by atoms with E-state index in [9.17, 15) is 9.59 Å². The second-order valence-corrected chi connectivity index (χ2v) is 6.74. The molecule has 5 heteroatoms. The SMILES string of the molecule is CCCCCCCC(=O)N/N=C(\C)c1ccc(NC(=O)C2CC2)cc1. The molecule has 0 heterocycles. The number of hydrogen-bond donors (Lipinski definition) is 2. The van der Waals surface area contributed by atoms with E-state index in [1.165, 1.54) is 19.3 Å². The monoisotopic (exact) mass is 343 g/mol. The molecule has 136 valence electrons. The average Bonchev–Trinajstić information content (AvgIpc) is 3.45. The van der Waals surface area contributed by atoms with E-state index in [0.717, 1.165) is 42.6 Å². The predicted octanol–water partition coefficient (Wildman–Crippen LogP) is 4.24. The van der Waals surface area contributed by atoms with Crippen LogP contribution in [-0.2, 0) is 9.59 Å². The van der Waals surface area contributed by atoms with Gasteiger partial charge in [0.25, 0.3) is 0 Å². The van der Waals surface area contributed by atoms with Crippen molar-refractivity contribution in [2.75, 3.05) is 5.32 Å². The molecule has 0 radical (unpaired) electrons. The minimum atomic E-state index is -0.0378. The summed E-state index contributed by atoms with van der Waals surface area (Å²) in [4.78, 5) is 23.5. The van der Waals surface area contributed by atoms with Crippen molar-refractivity contribution in [3.8, 4) is 0 Å². The fourth-order valence-electron chi connectivity index (χ4n) is 2.54. The minimum Gasteiger partial charge on any atom is -0.326 e. The van der Waals surface area contributed by atoms with Crippen LogP contribution in [0.5, 0.6) is 0 Å². The Bertz CT molecular complexity index is 604. The van der Waals surface area contributed by atoms with Crippen molar-refractivity contribution in [1.29, 1.82) is 0 Å². The molecule has 0 atom stereocenters. The number of nitrogens with one attached hydrogen (secondary N) is 2. The lowest BCUT2D eigenvalue weighted by atomic mass is 10.1. The predicted molar refractivity (Wildman–Crippen MR) is 102 cm³/mol. The number of unbranched alkanes of at least 4 members (excludes halogenated alkanes) is 4. The molecule has 0 saturated heterocycles. The summed E-state index contributed by atoms with van der Waals surface area (Å²) < 4.78 is 0. The highest BCUT2D eigenvalue weighted by molar-refractivity contribution is 6.00. The first kappa shape index (κ1) is 19.2. The number of carbonyl (C=O) groups excluding carboxylic acids is 2. The highest BCUT2D eigenvalue weighted by atomic mass is 16.2. The van der Waals surface area contributed by atoms with Gasteiger partial charge in [-0.2, -0.15) is 5.10 Å². The molecule has 1 saturated carbocycles. The molecule has 25 heavy (non-hydrogen) atoms. The molecule has 0 unspecified atom stereocenters. The maximum Gasteiger partial charge on any atom is 0.240 e. The lowest BCUT2D eigenvalue weighted by Crippen LogP contribution is -2.18. The van der Waals surface area contributed by atoms with Gasteiger partial charge in [0, 0.05) is 18.0 Å². The van der Waals surface area contributed by atoms with Gasteiger partial charge in [0.15, 0.2) is 0 Å². The van der Waals surface area contributed by atoms with Crippen LogP contribution in [-0.4, -0.2) is 17.5 Å². The molecule has 1 aliphatic carbocycles. The van der Waals surface area contributed by atoms with Gasteiger partial charge in [0.2, 0.25) is 11.8 Å². The lowest BCUT2D eigenvalue weighted by Gasteiger charge is -2.06. The van der Waals surface area contributed by atoms with Gasteiger partial charge in [0.05, 0.1) is 5.71 Å². The normalized spacial score (nSPS) is 14.2. The number of hydrogen-bond acceptors (Lipinski definition) is 3. The largest absolute Gasteiger partial charge is 0.326 e. The third-order valence-electron chi connectivity index (χ3n) is 4.37. The summed E-state index contributed by atoms with van der Waals surface area (Å²) in [6, 6.07) is 7.53. The summed E-state index contributed by atoms with van der Waals surface area (Å²) >= 11 is 0. The van der Waals surface area contributed by atoms with Crippen molar-refractivity contribution in [3.05, 3.63) is 29.8 Å². The van der Waals surface area contributed by atoms with E-state index in [1.807, 2.05) is 31.2 Å². The Kier molecular flexibility index (Phi) is 7.64. The molecule has 0 spiro atoms. The molecule has 5 nitrogen and oxygen atoms in total. The number of carbonyl (C=O) groups is 2. The molecule has 0 aliphatic heterocycles. The maximum absolute atomic E-state index is 11.8. The van der Waals surface area contributed by atoms with Crippen molar-refractivity contribution in [1.82, 2.24) is 5.43 Å². The number of nitrogens with zero attached hydrogens (tertiary/aromatic N) is 1. The number of hydrazone groups is 1. The minimum absolute atomic E-state index is 0.0378. The molecule has 0 bridgehead atoms. The topological polar surface area (TPSA) is 70.6 Å². The van der Waals surface area contributed by atoms with Gasteiger partial charge in [-0.05, 0) is 43.9 Å². The van der Waals surface area contributed by atoms with Gasteiger partial charge >= 0.3 is 0 Å². The first-order chi connectivity index (χ1) is 12.1. The standard InChI is InChI=1S/C20H29N3O2/c1-3-4-5-6-7-8-19(24)23-22-15(2)16-11-13-18(14-12-16)21-20(25)17-9-10-17/h11-14,17H,3-10H2,1-2H3,(H,21,25)(H,23,24)/b22-15+. The van der Waals surface area contributed by atoms with E-state index < -0.39 is 0 Å². The van der Waals surface area contributed by atoms with Crippen LogP contribution in [0.1, 0.15) is 70.8 Å². The zero-order valence-corrected chi connectivity index (χ0v) is 15.3. The summed E-state index contributed by atoms with van der Waals surface area (Å²) in [5, 5.41) is 7.08. The van der Waals surface area contributed by atoms with Crippen LogP contribution in [0.2, 0.25) is 0 Å². The van der Waals surface area contributed by atoms with Crippen LogP contribution in [0.4, 0.5) is 5.69 Å². The molecule has 1 aromatic rings. The molecule has 1 fully saturated rings. The van der Waals surface area contributed by atoms with Crippen LogP contribution in [0.25, 0.3) is 0 Å². The Morgan fingerprint density at radius 3 is 2.40 bits per heavy atom. The summed E-state index contributed by atoms with van der Waals surface area (Å²) in [5.74, 6) is 0.258. The molecule has 2 rings (SSSR count). The van der Waals surface area contributed by atoms with Crippen LogP contribution in [0.15, 0.2) is 29.4 Å². The molecule has 2 N–H and O–H groups in total. The lowest BCUT2D eigenvalue weighted by molar-refractivity contribution is -0.121. The van der Waals surface area contributed by atoms with E-state index >= 15 is 0 Å². The smallest absolute Gasteiger partial charge is 0.240 e. The molecule has 0 aromatic heterocycles. The molecular weight excluding hydrogens is 314 g/mol.